The minimum absolute atomic E-state index is 0. The Morgan fingerprint density at radius 3 is 1.12 bits per heavy atom. The number of hydrogen-bond acceptors (Lipinski definition) is 0. The van der Waals surface area contributed by atoms with Crippen LogP contribution >= 0.6 is 0 Å². The van der Waals surface area contributed by atoms with E-state index in [9.17, 15) is 0 Å². The standard InChI is InChI=1S/C3H7.2CH4.2CH3.La/c1-3-2;;;;;/h1,3H2,2H3;2*1H4;2*1H3;/q-1;;;2*-1;+3. The summed E-state index contributed by atoms with van der Waals surface area (Å²) in [6, 6.07) is 0. The summed E-state index contributed by atoms with van der Waals surface area (Å²) in [5.74, 6) is 0. The fourth-order valence-corrected chi connectivity index (χ4v) is 0. The summed E-state index contributed by atoms with van der Waals surface area (Å²) in [7, 11) is 0. The molecule has 0 aliphatic heterocycles. The maximum absolute atomic E-state index is 3.49. The van der Waals surface area contributed by atoms with Crippen LogP contribution < -0.4 is 0 Å². The summed E-state index contributed by atoms with van der Waals surface area (Å²) in [6.45, 7) is 5.50. The Morgan fingerprint density at radius 2 is 1.12 bits per heavy atom. The molecule has 0 radical (unpaired) electrons. The molecule has 0 rings (SSSR count). The van der Waals surface area contributed by atoms with Crippen molar-refractivity contribution in [2.45, 2.75) is 28.2 Å². The van der Waals surface area contributed by atoms with Gasteiger partial charge in [0.1, 0.15) is 0 Å². The molecule has 0 heterocycles. The van der Waals surface area contributed by atoms with E-state index in [0.717, 1.165) is 6.42 Å². The molecule has 0 aliphatic carbocycles. The molecule has 0 aromatic heterocycles. The van der Waals surface area contributed by atoms with E-state index in [1.54, 1.807) is 0 Å². The van der Waals surface area contributed by atoms with Gasteiger partial charge in [0.25, 0.3) is 0 Å². The smallest absolute Gasteiger partial charge is 0.358 e. The Labute approximate surface area is 85.1 Å². The van der Waals surface area contributed by atoms with Crippen molar-refractivity contribution in [1.82, 2.24) is 0 Å². The van der Waals surface area contributed by atoms with Gasteiger partial charge in [-0.15, -0.1) is 0 Å². The number of rotatable bonds is 0. The zero-order chi connectivity index (χ0) is 2.71. The second-order valence-corrected chi connectivity index (χ2v) is 0.500. The predicted molar refractivity (Wildman–Crippen MR) is 41.9 cm³/mol. The SMILES string of the molecule is C.C.[CH2-]CC.[CH3-].[CH3-].[La+3]. The molecule has 0 saturated carbocycles. The fourth-order valence-electron chi connectivity index (χ4n) is 0. The molecule has 1 heteroatoms. The molecule has 0 saturated heterocycles. The maximum atomic E-state index is 3.49. The van der Waals surface area contributed by atoms with Crippen LogP contribution in [0.2, 0.25) is 0 Å². The minimum Gasteiger partial charge on any atom is -0.358 e. The molecule has 0 spiro atoms. The van der Waals surface area contributed by atoms with Crippen LogP contribution in [0.1, 0.15) is 28.2 Å². The monoisotopic (exact) mass is 244 g/mol. The van der Waals surface area contributed by atoms with Gasteiger partial charge in [0.2, 0.25) is 0 Å². The van der Waals surface area contributed by atoms with Gasteiger partial charge in [-0.05, 0) is 0 Å². The fraction of sp³-hybridized carbons (Fsp3) is 0.571. The van der Waals surface area contributed by atoms with Crippen LogP contribution in [0, 0.1) is 57.4 Å². The van der Waals surface area contributed by atoms with Gasteiger partial charge in [0.15, 0.2) is 0 Å². The molecule has 0 atom stereocenters. The van der Waals surface area contributed by atoms with E-state index < -0.39 is 0 Å². The third kappa shape index (κ3) is 193. The molecule has 0 unspecified atom stereocenters. The third-order valence-electron chi connectivity index (χ3n) is 0. The van der Waals surface area contributed by atoms with Crippen molar-refractivity contribution >= 4 is 0 Å². The van der Waals surface area contributed by atoms with Crippen molar-refractivity contribution in [1.29, 1.82) is 0 Å². The Kier molecular flexibility index (Phi) is 666. The summed E-state index contributed by atoms with van der Waals surface area (Å²) in [6.07, 6.45) is 1.00. The first-order chi connectivity index (χ1) is 1.41. The Balaban J connectivity index is -0.00000000200. The molecule has 8 heavy (non-hydrogen) atoms. The molecule has 0 aromatic rings. The van der Waals surface area contributed by atoms with Crippen molar-refractivity contribution in [2.75, 3.05) is 0 Å². The first-order valence-electron chi connectivity index (χ1n) is 1.21. The summed E-state index contributed by atoms with van der Waals surface area (Å²) < 4.78 is 0. The molecule has 0 aliphatic rings. The van der Waals surface area contributed by atoms with E-state index in [-0.39, 0.29) is 65.3 Å². The minimum atomic E-state index is 0. The van der Waals surface area contributed by atoms with Crippen molar-refractivity contribution < 1.29 is 35.6 Å². The molecule has 0 N–H and O–H groups in total. The largest absolute Gasteiger partial charge is 3.00 e. The second kappa shape index (κ2) is 88.1. The summed E-state index contributed by atoms with van der Waals surface area (Å²) >= 11 is 0. The van der Waals surface area contributed by atoms with Gasteiger partial charge >= 0.3 is 35.6 Å². The van der Waals surface area contributed by atoms with Gasteiger partial charge in [0.05, 0.1) is 0 Å². The summed E-state index contributed by atoms with van der Waals surface area (Å²) in [4.78, 5) is 0. The van der Waals surface area contributed by atoms with Crippen molar-refractivity contribution in [3.63, 3.8) is 0 Å². The average molecular weight is 244 g/mol. The van der Waals surface area contributed by atoms with Crippen LogP contribution in [-0.2, 0) is 0 Å². The van der Waals surface area contributed by atoms with E-state index >= 15 is 0 Å². The topological polar surface area (TPSA) is 0 Å². The van der Waals surface area contributed by atoms with Crippen molar-refractivity contribution in [2.24, 2.45) is 0 Å². The van der Waals surface area contributed by atoms with Gasteiger partial charge in [0, 0.05) is 0 Å². The average Bonchev–Trinajstić information content (AvgIpc) is 0.918. The van der Waals surface area contributed by atoms with Gasteiger partial charge in [-0.1, -0.05) is 21.8 Å². The molecule has 0 nitrogen and oxygen atoms in total. The molecular weight excluding hydrogens is 223 g/mol. The van der Waals surface area contributed by atoms with E-state index in [4.69, 9.17) is 0 Å². The van der Waals surface area contributed by atoms with Crippen LogP contribution in [0.25, 0.3) is 0 Å². The van der Waals surface area contributed by atoms with E-state index in [1.165, 1.54) is 0 Å². The predicted octanol–water partition coefficient (Wildman–Crippen LogP) is 3.40. The Bertz CT molecular complexity index is 4.35. The molecule has 52 valence electrons. The van der Waals surface area contributed by atoms with Gasteiger partial charge in [-0.25, -0.2) is 0 Å². The summed E-state index contributed by atoms with van der Waals surface area (Å²) in [5, 5.41) is 0. The zero-order valence-electron chi connectivity index (χ0n) is 4.99. The van der Waals surface area contributed by atoms with Crippen LogP contribution in [0.4, 0.5) is 0 Å². The van der Waals surface area contributed by atoms with Crippen molar-refractivity contribution in [3.8, 4) is 0 Å². The first kappa shape index (κ1) is 60.5. The van der Waals surface area contributed by atoms with Crippen molar-refractivity contribution in [3.05, 3.63) is 21.8 Å². The molecule has 0 aromatic carbocycles. The third-order valence-corrected chi connectivity index (χ3v) is 0. The Morgan fingerprint density at radius 1 is 1.12 bits per heavy atom. The second-order valence-electron chi connectivity index (χ2n) is 0.500. The van der Waals surface area contributed by atoms with E-state index in [0.29, 0.717) is 0 Å². The maximum Gasteiger partial charge on any atom is 3.00 e. The van der Waals surface area contributed by atoms with Crippen LogP contribution in [-0.4, -0.2) is 0 Å². The quantitative estimate of drug-likeness (QED) is 0.573. The van der Waals surface area contributed by atoms with Gasteiger partial charge in [-0.2, -0.15) is 6.42 Å². The molecule has 0 bridgehead atoms. The zero-order valence-corrected chi connectivity index (χ0v) is 8.62. The number of hydrogen-bond donors (Lipinski definition) is 0. The normalized spacial score (nSPS) is 2.25. The summed E-state index contributed by atoms with van der Waals surface area (Å²) in [5.41, 5.74) is 0. The first-order valence-corrected chi connectivity index (χ1v) is 1.21. The van der Waals surface area contributed by atoms with Gasteiger partial charge in [-0.3, -0.25) is 0 Å². The van der Waals surface area contributed by atoms with Gasteiger partial charge < -0.3 is 21.8 Å². The molecule has 0 fully saturated rings. The molecular formula is C7H21La. The Hall–Kier alpha value is 1.19. The molecule has 0 amide bonds. The van der Waals surface area contributed by atoms with Crippen LogP contribution in [0.15, 0.2) is 0 Å². The van der Waals surface area contributed by atoms with E-state index in [1.807, 2.05) is 6.92 Å². The van der Waals surface area contributed by atoms with E-state index in [2.05, 4.69) is 6.92 Å². The van der Waals surface area contributed by atoms with Crippen LogP contribution in [0.3, 0.4) is 0 Å². The van der Waals surface area contributed by atoms with Crippen LogP contribution in [0.5, 0.6) is 0 Å².